The van der Waals surface area contributed by atoms with Gasteiger partial charge in [0.2, 0.25) is 0 Å². The van der Waals surface area contributed by atoms with E-state index in [2.05, 4.69) is 31.0 Å². The molecule has 0 saturated heterocycles. The van der Waals surface area contributed by atoms with Crippen molar-refractivity contribution in [2.45, 2.75) is 18.6 Å². The third-order valence-corrected chi connectivity index (χ3v) is 5.82. The van der Waals surface area contributed by atoms with Crippen LogP contribution in [-0.4, -0.2) is 51.0 Å². The van der Waals surface area contributed by atoms with E-state index in [9.17, 15) is 14.0 Å². The van der Waals surface area contributed by atoms with Gasteiger partial charge in [-0.3, -0.25) is 14.6 Å². The molecular formula is C23H19ClFN7O2. The van der Waals surface area contributed by atoms with Crippen LogP contribution in [0.25, 0.3) is 16.9 Å². The van der Waals surface area contributed by atoms with Crippen molar-refractivity contribution in [2.24, 2.45) is 0 Å². The summed E-state index contributed by atoms with van der Waals surface area (Å²) in [7, 11) is 1.73. The molecule has 3 N–H and O–H groups in total. The number of nitrogens with one attached hydrogen (secondary N) is 3. The smallest absolute Gasteiger partial charge is 0.271 e. The Balaban J connectivity index is 1.45. The normalized spacial score (nSPS) is 16.8. The lowest BCUT2D eigenvalue weighted by atomic mass is 10.1. The highest BCUT2D eigenvalue weighted by Gasteiger charge is 2.39. The molecule has 1 amide bonds. The molecule has 0 radical (unpaired) electrons. The fourth-order valence-electron chi connectivity index (χ4n) is 3.49. The van der Waals surface area contributed by atoms with E-state index in [4.69, 9.17) is 11.6 Å². The number of rotatable bonds is 7. The Kier molecular flexibility index (Phi) is 5.58. The van der Waals surface area contributed by atoms with Gasteiger partial charge in [0.25, 0.3) is 5.91 Å². The first kappa shape index (κ1) is 21.8. The van der Waals surface area contributed by atoms with E-state index in [1.54, 1.807) is 31.3 Å². The number of benzene rings is 1. The summed E-state index contributed by atoms with van der Waals surface area (Å²) in [6, 6.07) is 10.1. The van der Waals surface area contributed by atoms with Crippen LogP contribution < -0.4 is 16.0 Å². The maximum atomic E-state index is 13.1. The standard InChI is InChI=1S/C23H19ClFN7O2/c1-26-18-8-20(31-32-10-19(29-22(18)32)23(34)30-17-7-14(17)25)28-16-4-2-3-13(21(16)24)15-6-5-12(11-33)9-27-15/h2-6,8-11,14,17,26H,7H2,1H3,(H,28,31)(H,30,34)/t14-,17+/m0/s1. The lowest BCUT2D eigenvalue weighted by Crippen LogP contribution is -2.27. The first-order valence-electron chi connectivity index (χ1n) is 10.5. The van der Waals surface area contributed by atoms with Gasteiger partial charge in [-0.2, -0.15) is 0 Å². The first-order chi connectivity index (χ1) is 16.5. The number of fused-ring (bicyclic) bond motifs is 1. The number of carbonyl (C=O) groups is 2. The monoisotopic (exact) mass is 479 g/mol. The Hall–Kier alpha value is -4.05. The zero-order valence-electron chi connectivity index (χ0n) is 17.9. The van der Waals surface area contributed by atoms with Crippen molar-refractivity contribution in [3.8, 4) is 11.3 Å². The Morgan fingerprint density at radius 2 is 2.09 bits per heavy atom. The second-order valence-electron chi connectivity index (χ2n) is 7.81. The molecule has 1 saturated carbocycles. The average Bonchev–Trinajstić information content (AvgIpc) is 3.36. The van der Waals surface area contributed by atoms with Gasteiger partial charge in [-0.25, -0.2) is 13.9 Å². The Morgan fingerprint density at radius 1 is 1.26 bits per heavy atom. The summed E-state index contributed by atoms with van der Waals surface area (Å²) in [5.74, 6) is 0.00610. The number of anilines is 3. The molecular weight excluding hydrogens is 461 g/mol. The van der Waals surface area contributed by atoms with Crippen LogP contribution in [0.5, 0.6) is 0 Å². The molecule has 0 unspecified atom stereocenters. The van der Waals surface area contributed by atoms with Crippen LogP contribution >= 0.6 is 11.6 Å². The van der Waals surface area contributed by atoms with Gasteiger partial charge in [0.05, 0.1) is 34.3 Å². The van der Waals surface area contributed by atoms with E-state index in [0.29, 0.717) is 51.1 Å². The predicted molar refractivity (Wildman–Crippen MR) is 127 cm³/mol. The third kappa shape index (κ3) is 4.15. The third-order valence-electron chi connectivity index (χ3n) is 5.42. The number of hydrogen-bond acceptors (Lipinski definition) is 7. The second-order valence-corrected chi connectivity index (χ2v) is 8.18. The second kappa shape index (κ2) is 8.71. The Labute approximate surface area is 198 Å². The molecule has 0 aliphatic heterocycles. The number of pyridine rings is 1. The molecule has 0 spiro atoms. The van der Waals surface area contributed by atoms with E-state index in [1.165, 1.54) is 16.9 Å². The van der Waals surface area contributed by atoms with Crippen LogP contribution in [-0.2, 0) is 0 Å². The van der Waals surface area contributed by atoms with Crippen molar-refractivity contribution in [1.29, 1.82) is 0 Å². The van der Waals surface area contributed by atoms with Crippen molar-refractivity contribution in [3.63, 3.8) is 0 Å². The quantitative estimate of drug-likeness (QED) is 0.345. The minimum atomic E-state index is -0.999. The van der Waals surface area contributed by atoms with Gasteiger partial charge in [0, 0.05) is 36.9 Å². The van der Waals surface area contributed by atoms with Crippen molar-refractivity contribution in [2.75, 3.05) is 17.7 Å². The van der Waals surface area contributed by atoms with Gasteiger partial charge < -0.3 is 16.0 Å². The topological polar surface area (TPSA) is 113 Å². The van der Waals surface area contributed by atoms with Crippen LogP contribution in [0.3, 0.4) is 0 Å². The maximum Gasteiger partial charge on any atom is 0.271 e. The van der Waals surface area contributed by atoms with E-state index in [1.807, 2.05) is 12.1 Å². The predicted octanol–water partition coefficient (Wildman–Crippen LogP) is 3.88. The number of imidazole rings is 1. The number of aromatic nitrogens is 4. The largest absolute Gasteiger partial charge is 0.385 e. The van der Waals surface area contributed by atoms with Crippen LogP contribution in [0.1, 0.15) is 27.3 Å². The zero-order valence-corrected chi connectivity index (χ0v) is 18.7. The molecule has 1 fully saturated rings. The molecule has 1 aromatic carbocycles. The highest BCUT2D eigenvalue weighted by Crippen LogP contribution is 2.34. The maximum absolute atomic E-state index is 13.1. The number of hydrogen-bond donors (Lipinski definition) is 3. The van der Waals surface area contributed by atoms with Gasteiger partial charge in [0.1, 0.15) is 11.9 Å². The van der Waals surface area contributed by atoms with Crippen molar-refractivity contribution in [3.05, 3.63) is 65.1 Å². The molecule has 9 nitrogen and oxygen atoms in total. The Bertz CT molecular complexity index is 1410. The van der Waals surface area contributed by atoms with Gasteiger partial charge >= 0.3 is 0 Å². The summed E-state index contributed by atoms with van der Waals surface area (Å²) in [5, 5.41) is 13.8. The molecule has 0 bridgehead atoms. The van der Waals surface area contributed by atoms with Gasteiger partial charge in [0.15, 0.2) is 17.8 Å². The fraction of sp³-hybridized carbons (Fsp3) is 0.174. The number of amides is 1. The van der Waals surface area contributed by atoms with E-state index < -0.39 is 18.1 Å². The van der Waals surface area contributed by atoms with E-state index >= 15 is 0 Å². The van der Waals surface area contributed by atoms with Gasteiger partial charge in [-0.05, 0) is 18.2 Å². The summed E-state index contributed by atoms with van der Waals surface area (Å²) in [4.78, 5) is 31.9. The fourth-order valence-corrected chi connectivity index (χ4v) is 3.76. The van der Waals surface area contributed by atoms with Crippen molar-refractivity contribution < 1.29 is 14.0 Å². The molecule has 172 valence electrons. The first-order valence-corrected chi connectivity index (χ1v) is 10.8. The van der Waals surface area contributed by atoms with Crippen LogP contribution in [0.2, 0.25) is 5.02 Å². The number of nitrogens with zero attached hydrogens (tertiary/aromatic N) is 4. The van der Waals surface area contributed by atoms with Gasteiger partial charge in [-0.1, -0.05) is 23.7 Å². The molecule has 5 rings (SSSR count). The summed E-state index contributed by atoms with van der Waals surface area (Å²) >= 11 is 6.65. The Morgan fingerprint density at radius 3 is 2.76 bits per heavy atom. The molecule has 3 aromatic heterocycles. The lowest BCUT2D eigenvalue weighted by molar-refractivity contribution is 0.0942. The summed E-state index contributed by atoms with van der Waals surface area (Å²) in [6.45, 7) is 0. The van der Waals surface area contributed by atoms with Crippen molar-refractivity contribution >= 4 is 46.6 Å². The van der Waals surface area contributed by atoms with Gasteiger partial charge in [-0.15, -0.1) is 5.10 Å². The zero-order chi connectivity index (χ0) is 23.8. The summed E-state index contributed by atoms with van der Waals surface area (Å²) in [5.41, 5.74) is 3.60. The molecule has 1 aliphatic rings. The molecule has 11 heteroatoms. The summed E-state index contributed by atoms with van der Waals surface area (Å²) < 4.78 is 14.6. The molecule has 2 atom stereocenters. The summed E-state index contributed by atoms with van der Waals surface area (Å²) in [6.07, 6.45) is 3.03. The van der Waals surface area contributed by atoms with Crippen LogP contribution in [0, 0.1) is 0 Å². The van der Waals surface area contributed by atoms with Crippen LogP contribution in [0.15, 0.2) is 48.8 Å². The van der Waals surface area contributed by atoms with Crippen molar-refractivity contribution in [1.82, 2.24) is 24.9 Å². The van der Waals surface area contributed by atoms with Crippen LogP contribution in [0.4, 0.5) is 21.6 Å². The minimum Gasteiger partial charge on any atom is -0.385 e. The number of carbonyl (C=O) groups excluding carboxylic acids is 2. The SMILES string of the molecule is CNc1cc(Nc2cccc(-c3ccc(C=O)cn3)c2Cl)nn2cc(C(=O)N[C@@H]3C[C@@H]3F)nc12. The average molecular weight is 480 g/mol. The number of halogens is 2. The minimum absolute atomic E-state index is 0.144. The number of alkyl halides is 1. The lowest BCUT2D eigenvalue weighted by Gasteiger charge is -2.12. The van der Waals surface area contributed by atoms with E-state index in [-0.39, 0.29) is 5.69 Å². The highest BCUT2D eigenvalue weighted by atomic mass is 35.5. The van der Waals surface area contributed by atoms with E-state index in [0.717, 1.165) is 6.29 Å². The number of aldehydes is 1. The molecule has 1 aliphatic carbocycles. The molecule has 4 aromatic rings. The highest BCUT2D eigenvalue weighted by molar-refractivity contribution is 6.36. The molecule has 3 heterocycles. The molecule has 34 heavy (non-hydrogen) atoms.